The lowest BCUT2D eigenvalue weighted by Gasteiger charge is -2.22. The Morgan fingerprint density at radius 2 is 1.83 bits per heavy atom. The molecule has 1 amide bonds. The Kier molecular flexibility index (Phi) is 10.6. The van der Waals surface area contributed by atoms with Gasteiger partial charge in [-0.1, -0.05) is 41.9 Å². The molecule has 0 spiro atoms. The Hall–Kier alpha value is -1.33. The summed E-state index contributed by atoms with van der Waals surface area (Å²) >= 11 is 6.04. The molecule has 1 aromatic carbocycles. The molecule has 2 N–H and O–H groups in total. The van der Waals surface area contributed by atoms with Crippen LogP contribution in [0.2, 0.25) is 5.02 Å². The van der Waals surface area contributed by atoms with Crippen LogP contribution >= 0.6 is 36.4 Å². The van der Waals surface area contributed by atoms with Gasteiger partial charge < -0.3 is 10.6 Å². The van der Waals surface area contributed by atoms with Crippen molar-refractivity contribution in [3.05, 3.63) is 64.9 Å². The zero-order chi connectivity index (χ0) is 15.1. The summed E-state index contributed by atoms with van der Waals surface area (Å²) in [6, 6.07) is 11.7. The number of rotatable bonds is 6. The van der Waals surface area contributed by atoms with Crippen molar-refractivity contribution in [2.45, 2.75) is 6.42 Å². The molecular formula is C16H20Cl3N3O. The quantitative estimate of drug-likeness (QED) is 0.842. The van der Waals surface area contributed by atoms with E-state index >= 15 is 0 Å². The fourth-order valence-corrected chi connectivity index (χ4v) is 2.30. The molecule has 126 valence electrons. The molecule has 0 saturated carbocycles. The summed E-state index contributed by atoms with van der Waals surface area (Å²) in [6.07, 6.45) is 3.83. The van der Waals surface area contributed by atoms with Crippen LogP contribution in [-0.2, 0) is 6.42 Å². The number of hydrogen-bond acceptors (Lipinski definition) is 3. The van der Waals surface area contributed by atoms with Crippen molar-refractivity contribution < 1.29 is 4.79 Å². The van der Waals surface area contributed by atoms with E-state index in [0.29, 0.717) is 30.2 Å². The Morgan fingerprint density at radius 3 is 2.43 bits per heavy atom. The molecule has 4 nitrogen and oxygen atoms in total. The van der Waals surface area contributed by atoms with Crippen molar-refractivity contribution in [1.29, 1.82) is 0 Å². The van der Waals surface area contributed by atoms with E-state index in [-0.39, 0.29) is 30.7 Å². The van der Waals surface area contributed by atoms with Gasteiger partial charge in [0, 0.05) is 32.0 Å². The first-order valence-electron chi connectivity index (χ1n) is 6.85. The number of carbonyl (C=O) groups is 1. The normalized spacial score (nSPS) is 9.48. The van der Waals surface area contributed by atoms with Crippen LogP contribution in [0.5, 0.6) is 0 Å². The van der Waals surface area contributed by atoms with Crippen LogP contribution in [0.4, 0.5) is 0 Å². The average molecular weight is 377 g/mol. The largest absolute Gasteiger partial charge is 0.337 e. The van der Waals surface area contributed by atoms with Crippen LogP contribution in [0.15, 0.2) is 48.8 Å². The number of aromatic nitrogens is 1. The molecule has 7 heteroatoms. The number of hydrogen-bond donors (Lipinski definition) is 1. The fraction of sp³-hybridized carbons (Fsp3) is 0.250. The molecule has 0 aliphatic heterocycles. The Morgan fingerprint density at radius 1 is 1.13 bits per heavy atom. The number of amides is 1. The van der Waals surface area contributed by atoms with Crippen molar-refractivity contribution >= 4 is 42.3 Å². The van der Waals surface area contributed by atoms with E-state index in [1.807, 2.05) is 30.3 Å². The molecule has 0 unspecified atom stereocenters. The van der Waals surface area contributed by atoms with Gasteiger partial charge in [-0.25, -0.2) is 0 Å². The van der Waals surface area contributed by atoms with Gasteiger partial charge in [0.15, 0.2) is 0 Å². The molecule has 0 saturated heterocycles. The minimum atomic E-state index is -0.108. The lowest BCUT2D eigenvalue weighted by atomic mass is 10.1. The number of nitrogens with zero attached hydrogens (tertiary/aromatic N) is 2. The molecule has 23 heavy (non-hydrogen) atoms. The van der Waals surface area contributed by atoms with Crippen LogP contribution < -0.4 is 5.73 Å². The first kappa shape index (κ1) is 21.7. The molecule has 0 bridgehead atoms. The van der Waals surface area contributed by atoms with Gasteiger partial charge in [0.05, 0.1) is 10.6 Å². The third kappa shape index (κ3) is 6.36. The monoisotopic (exact) mass is 375 g/mol. The highest BCUT2D eigenvalue weighted by Crippen LogP contribution is 2.16. The molecule has 1 heterocycles. The van der Waals surface area contributed by atoms with Crippen molar-refractivity contribution in [3.8, 4) is 0 Å². The maximum absolute atomic E-state index is 12.5. The van der Waals surface area contributed by atoms with Crippen molar-refractivity contribution in [2.75, 3.05) is 19.6 Å². The lowest BCUT2D eigenvalue weighted by molar-refractivity contribution is 0.0762. The number of pyridine rings is 1. The highest BCUT2D eigenvalue weighted by atomic mass is 35.5. The summed E-state index contributed by atoms with van der Waals surface area (Å²) < 4.78 is 0. The van der Waals surface area contributed by atoms with Crippen LogP contribution in [-0.4, -0.2) is 35.4 Å². The summed E-state index contributed by atoms with van der Waals surface area (Å²) in [4.78, 5) is 18.2. The first-order valence-corrected chi connectivity index (χ1v) is 7.23. The summed E-state index contributed by atoms with van der Waals surface area (Å²) in [5.74, 6) is -0.108. The van der Waals surface area contributed by atoms with Gasteiger partial charge in [-0.2, -0.15) is 0 Å². The van der Waals surface area contributed by atoms with Gasteiger partial charge in [-0.3, -0.25) is 9.78 Å². The molecular weight excluding hydrogens is 357 g/mol. The van der Waals surface area contributed by atoms with Crippen LogP contribution in [0.25, 0.3) is 0 Å². The van der Waals surface area contributed by atoms with Crippen molar-refractivity contribution in [2.24, 2.45) is 5.73 Å². The zero-order valence-corrected chi connectivity index (χ0v) is 14.9. The zero-order valence-electron chi connectivity index (χ0n) is 12.5. The van der Waals surface area contributed by atoms with Gasteiger partial charge >= 0.3 is 0 Å². The molecule has 0 aliphatic rings. The molecule has 0 radical (unpaired) electrons. The minimum absolute atomic E-state index is 0. The smallest absolute Gasteiger partial charge is 0.255 e. The number of nitrogens with two attached hydrogens (primary N) is 1. The van der Waals surface area contributed by atoms with Crippen LogP contribution in [0, 0.1) is 0 Å². The van der Waals surface area contributed by atoms with E-state index in [1.165, 1.54) is 11.8 Å². The van der Waals surface area contributed by atoms with E-state index in [2.05, 4.69) is 4.98 Å². The maximum Gasteiger partial charge on any atom is 0.255 e. The number of benzene rings is 1. The topological polar surface area (TPSA) is 59.2 Å². The molecule has 0 aliphatic carbocycles. The second-order valence-electron chi connectivity index (χ2n) is 4.67. The highest BCUT2D eigenvalue weighted by Gasteiger charge is 2.17. The number of carbonyl (C=O) groups excluding carboxylic acids is 1. The van der Waals surface area contributed by atoms with Gasteiger partial charge in [0.25, 0.3) is 5.91 Å². The second-order valence-corrected chi connectivity index (χ2v) is 5.08. The standard InChI is InChI=1S/C16H18ClN3O.2ClH/c17-15-12-19-9-6-14(15)16(21)20(11-8-18)10-7-13-4-2-1-3-5-13;;/h1-6,9,12H,7-8,10-11,18H2;2*1H. The van der Waals surface area contributed by atoms with Crippen molar-refractivity contribution in [1.82, 2.24) is 9.88 Å². The molecule has 0 fully saturated rings. The average Bonchev–Trinajstić information content (AvgIpc) is 2.52. The van der Waals surface area contributed by atoms with E-state index < -0.39 is 0 Å². The molecule has 0 atom stereocenters. The van der Waals surface area contributed by atoms with E-state index in [1.54, 1.807) is 17.2 Å². The summed E-state index contributed by atoms with van der Waals surface area (Å²) in [5.41, 5.74) is 7.27. The molecule has 1 aromatic heterocycles. The summed E-state index contributed by atoms with van der Waals surface area (Å²) in [6.45, 7) is 1.53. The van der Waals surface area contributed by atoms with Gasteiger partial charge in [0.2, 0.25) is 0 Å². The number of halogens is 3. The minimum Gasteiger partial charge on any atom is -0.337 e. The van der Waals surface area contributed by atoms with Crippen LogP contribution in [0.3, 0.4) is 0 Å². The SMILES string of the molecule is Cl.Cl.NCCN(CCc1ccccc1)C(=O)c1ccncc1Cl. The second kappa shape index (κ2) is 11.2. The Bertz CT molecular complexity index is 596. The van der Waals surface area contributed by atoms with E-state index in [4.69, 9.17) is 17.3 Å². The summed E-state index contributed by atoms with van der Waals surface area (Å²) in [5, 5.41) is 0.365. The predicted octanol–water partition coefficient (Wildman–Crippen LogP) is 3.22. The van der Waals surface area contributed by atoms with Crippen LogP contribution in [0.1, 0.15) is 15.9 Å². The molecule has 2 rings (SSSR count). The van der Waals surface area contributed by atoms with Gasteiger partial charge in [0.1, 0.15) is 0 Å². The van der Waals surface area contributed by atoms with E-state index in [0.717, 1.165) is 6.42 Å². The van der Waals surface area contributed by atoms with Crippen molar-refractivity contribution in [3.63, 3.8) is 0 Å². The first-order chi connectivity index (χ1) is 10.2. The highest BCUT2D eigenvalue weighted by molar-refractivity contribution is 6.33. The molecule has 2 aromatic rings. The van der Waals surface area contributed by atoms with E-state index in [9.17, 15) is 4.79 Å². The third-order valence-electron chi connectivity index (χ3n) is 3.20. The fourth-order valence-electron chi connectivity index (χ4n) is 2.10. The van der Waals surface area contributed by atoms with Gasteiger partial charge in [-0.05, 0) is 18.1 Å². The Balaban J connectivity index is 0.00000242. The maximum atomic E-state index is 12.5. The summed E-state index contributed by atoms with van der Waals surface area (Å²) in [7, 11) is 0. The van der Waals surface area contributed by atoms with Gasteiger partial charge in [-0.15, -0.1) is 24.8 Å². The third-order valence-corrected chi connectivity index (χ3v) is 3.50. The Labute approximate surface area is 153 Å². The lowest BCUT2D eigenvalue weighted by Crippen LogP contribution is -2.37. The predicted molar refractivity (Wildman–Crippen MR) is 98.8 cm³/mol.